The number of thioether (sulfide) groups is 1. The maximum absolute atomic E-state index is 13.2. The van der Waals surface area contributed by atoms with E-state index in [1.165, 1.54) is 30.0 Å². The minimum atomic E-state index is -3.79. The highest BCUT2D eigenvalue weighted by Gasteiger charge is 2.23. The van der Waals surface area contributed by atoms with Gasteiger partial charge in [-0.15, -0.1) is 11.8 Å². The van der Waals surface area contributed by atoms with E-state index >= 15 is 0 Å². The van der Waals surface area contributed by atoms with Gasteiger partial charge in [-0.25, -0.2) is 17.2 Å². The quantitative estimate of drug-likeness (QED) is 0.741. The van der Waals surface area contributed by atoms with Gasteiger partial charge in [0.05, 0.1) is 16.3 Å². The minimum Gasteiger partial charge on any atom is -0.326 e. The van der Waals surface area contributed by atoms with Crippen molar-refractivity contribution in [3.05, 3.63) is 48.0 Å². The third kappa shape index (κ3) is 5.33. The third-order valence-corrected chi connectivity index (χ3v) is 7.08. The molecule has 2 aromatic carbocycles. The first-order valence-corrected chi connectivity index (χ1v) is 11.3. The molecule has 2 amide bonds. The van der Waals surface area contributed by atoms with E-state index < -0.39 is 33.1 Å². The van der Waals surface area contributed by atoms with Crippen LogP contribution in [0.1, 0.15) is 19.8 Å². The molecule has 0 radical (unpaired) electrons. The van der Waals surface area contributed by atoms with E-state index in [1.807, 2.05) is 6.92 Å². The van der Waals surface area contributed by atoms with Gasteiger partial charge in [0.2, 0.25) is 11.8 Å². The lowest BCUT2D eigenvalue weighted by Crippen LogP contribution is -2.18. The zero-order valence-corrected chi connectivity index (χ0v) is 17.0. The van der Waals surface area contributed by atoms with E-state index in [9.17, 15) is 26.8 Å². The van der Waals surface area contributed by atoms with Gasteiger partial charge in [-0.3, -0.25) is 9.59 Å². The number of hydrogen-bond acceptors (Lipinski definition) is 5. The molecule has 0 saturated carbocycles. The van der Waals surface area contributed by atoms with Crippen LogP contribution < -0.4 is 10.6 Å². The van der Waals surface area contributed by atoms with Crippen LogP contribution in [0.5, 0.6) is 0 Å². The van der Waals surface area contributed by atoms with Gasteiger partial charge in [0.1, 0.15) is 0 Å². The van der Waals surface area contributed by atoms with Crippen molar-refractivity contribution in [3.63, 3.8) is 0 Å². The smallest absolute Gasteiger partial charge is 0.225 e. The average molecular weight is 440 g/mol. The van der Waals surface area contributed by atoms with E-state index in [2.05, 4.69) is 10.6 Å². The maximum Gasteiger partial charge on any atom is 0.225 e. The molecule has 29 heavy (non-hydrogen) atoms. The van der Waals surface area contributed by atoms with Gasteiger partial charge in [0.25, 0.3) is 0 Å². The van der Waals surface area contributed by atoms with Crippen molar-refractivity contribution in [2.24, 2.45) is 0 Å². The Morgan fingerprint density at radius 3 is 2.69 bits per heavy atom. The second-order valence-electron chi connectivity index (χ2n) is 6.58. The normalized spacial score (nSPS) is 16.5. The fourth-order valence-corrected chi connectivity index (χ4v) is 5.08. The van der Waals surface area contributed by atoms with Crippen molar-refractivity contribution in [2.45, 2.75) is 34.8 Å². The van der Waals surface area contributed by atoms with Crippen LogP contribution >= 0.6 is 11.8 Å². The standard InChI is InChI=1S/C19H18F2N2O4S2/c1-11-8-19(25)23-16-10-13(3-5-17(16)28-11)29(26,27)7-6-18(24)22-12-2-4-14(20)15(21)9-12/h2-5,9-11H,6-8H2,1H3,(H,22,24)(H,23,25)/t11-/m1/s1. The summed E-state index contributed by atoms with van der Waals surface area (Å²) >= 11 is 1.48. The molecular formula is C19H18F2N2O4S2. The summed E-state index contributed by atoms with van der Waals surface area (Å²) in [4.78, 5) is 24.6. The summed E-state index contributed by atoms with van der Waals surface area (Å²) in [5.74, 6) is -3.47. The fourth-order valence-electron chi connectivity index (χ4n) is 2.77. The molecule has 0 unspecified atom stereocenters. The van der Waals surface area contributed by atoms with Gasteiger partial charge in [0.15, 0.2) is 21.5 Å². The monoisotopic (exact) mass is 440 g/mol. The van der Waals surface area contributed by atoms with Gasteiger partial charge >= 0.3 is 0 Å². The largest absolute Gasteiger partial charge is 0.326 e. The van der Waals surface area contributed by atoms with E-state index in [1.54, 1.807) is 6.07 Å². The number of benzene rings is 2. The second-order valence-corrected chi connectivity index (χ2v) is 10.2. The molecule has 1 aliphatic rings. The van der Waals surface area contributed by atoms with Crippen LogP contribution in [0.3, 0.4) is 0 Å². The summed E-state index contributed by atoms with van der Waals surface area (Å²) in [6, 6.07) is 7.33. The molecule has 154 valence electrons. The first-order chi connectivity index (χ1) is 13.6. The van der Waals surface area contributed by atoms with E-state index in [0.717, 1.165) is 17.0 Å². The van der Waals surface area contributed by atoms with Crippen LogP contribution in [0.25, 0.3) is 0 Å². The summed E-state index contributed by atoms with van der Waals surface area (Å²) in [6.45, 7) is 1.91. The number of carbonyl (C=O) groups excluding carboxylic acids is 2. The maximum atomic E-state index is 13.2. The number of nitrogens with one attached hydrogen (secondary N) is 2. The molecule has 0 fully saturated rings. The van der Waals surface area contributed by atoms with Gasteiger partial charge in [-0.1, -0.05) is 6.92 Å². The van der Waals surface area contributed by atoms with Gasteiger partial charge in [-0.2, -0.15) is 0 Å². The van der Waals surface area contributed by atoms with Crippen molar-refractivity contribution >= 4 is 44.8 Å². The highest BCUT2D eigenvalue weighted by atomic mass is 32.2. The van der Waals surface area contributed by atoms with Gasteiger partial charge in [0, 0.05) is 34.7 Å². The molecule has 0 saturated heterocycles. The highest BCUT2D eigenvalue weighted by Crippen LogP contribution is 2.36. The second kappa shape index (κ2) is 8.50. The number of sulfone groups is 1. The summed E-state index contributed by atoms with van der Waals surface area (Å²) in [6.07, 6.45) is -0.0395. The van der Waals surface area contributed by atoms with Crippen LogP contribution in [-0.2, 0) is 19.4 Å². The van der Waals surface area contributed by atoms with Crippen molar-refractivity contribution in [1.82, 2.24) is 0 Å². The van der Waals surface area contributed by atoms with Crippen LogP contribution in [0.15, 0.2) is 46.2 Å². The van der Waals surface area contributed by atoms with Crippen molar-refractivity contribution in [2.75, 3.05) is 16.4 Å². The predicted molar refractivity (Wildman–Crippen MR) is 107 cm³/mol. The molecule has 0 aliphatic carbocycles. The SMILES string of the molecule is C[C@@H]1CC(=O)Nc2cc(S(=O)(=O)CCC(=O)Nc3ccc(F)c(F)c3)ccc2S1. The molecule has 1 aliphatic heterocycles. The summed E-state index contributed by atoms with van der Waals surface area (Å²) < 4.78 is 51.3. The van der Waals surface area contributed by atoms with E-state index in [4.69, 9.17) is 0 Å². The molecule has 6 nitrogen and oxygen atoms in total. The topological polar surface area (TPSA) is 92.3 Å². The lowest BCUT2D eigenvalue weighted by molar-refractivity contribution is -0.116. The number of rotatable bonds is 5. The number of anilines is 2. The predicted octanol–water partition coefficient (Wildman–Crippen LogP) is 3.59. The number of carbonyl (C=O) groups is 2. The van der Waals surface area contributed by atoms with Crippen molar-refractivity contribution < 1.29 is 26.8 Å². The molecule has 2 aromatic rings. The Hall–Kier alpha value is -2.46. The Kier molecular flexibility index (Phi) is 6.23. The number of hydrogen-bond donors (Lipinski definition) is 2. The molecule has 2 N–H and O–H groups in total. The molecule has 1 atom stereocenters. The molecule has 1 heterocycles. The Bertz CT molecular complexity index is 1070. The van der Waals surface area contributed by atoms with Crippen molar-refractivity contribution in [1.29, 1.82) is 0 Å². The zero-order chi connectivity index (χ0) is 21.2. The van der Waals surface area contributed by atoms with E-state index in [0.29, 0.717) is 12.1 Å². The van der Waals surface area contributed by atoms with Gasteiger partial charge < -0.3 is 10.6 Å². The molecular weight excluding hydrogens is 422 g/mol. The van der Waals surface area contributed by atoms with Gasteiger partial charge in [-0.05, 0) is 30.3 Å². The first-order valence-electron chi connectivity index (χ1n) is 8.72. The zero-order valence-electron chi connectivity index (χ0n) is 15.4. The lowest BCUT2D eigenvalue weighted by Gasteiger charge is -2.11. The lowest BCUT2D eigenvalue weighted by atomic mass is 10.3. The Labute approximate surface area is 171 Å². The third-order valence-electron chi connectivity index (χ3n) is 4.19. The van der Waals surface area contributed by atoms with Crippen LogP contribution in [0, 0.1) is 11.6 Å². The number of amides is 2. The molecule has 10 heteroatoms. The highest BCUT2D eigenvalue weighted by molar-refractivity contribution is 8.00. The number of fused-ring (bicyclic) bond motifs is 1. The summed E-state index contributed by atoms with van der Waals surface area (Å²) in [5.41, 5.74) is 0.460. The minimum absolute atomic E-state index is 0.00710. The van der Waals surface area contributed by atoms with Crippen LogP contribution in [-0.4, -0.2) is 31.2 Å². The average Bonchev–Trinajstić information content (AvgIpc) is 2.78. The Morgan fingerprint density at radius 1 is 1.21 bits per heavy atom. The van der Waals surface area contributed by atoms with Crippen LogP contribution in [0.2, 0.25) is 0 Å². The molecule has 3 rings (SSSR count). The molecule has 0 aromatic heterocycles. The summed E-state index contributed by atoms with van der Waals surface area (Å²) in [5, 5.41) is 5.10. The van der Waals surface area contributed by atoms with Crippen LogP contribution in [0.4, 0.5) is 20.2 Å². The van der Waals surface area contributed by atoms with Crippen molar-refractivity contribution in [3.8, 4) is 0 Å². The molecule has 0 bridgehead atoms. The number of halogens is 2. The molecule has 0 spiro atoms. The Balaban J connectivity index is 1.68. The Morgan fingerprint density at radius 2 is 1.97 bits per heavy atom. The fraction of sp³-hybridized carbons (Fsp3) is 0.263. The first kappa shape index (κ1) is 21.3. The summed E-state index contributed by atoms with van der Waals surface area (Å²) in [7, 11) is -3.79. The van der Waals surface area contributed by atoms with E-state index in [-0.39, 0.29) is 28.2 Å².